The molecule has 2 aliphatic rings. The Morgan fingerprint density at radius 2 is 1.76 bits per heavy atom. The van der Waals surface area contributed by atoms with E-state index < -0.39 is 12.1 Å². The predicted molar refractivity (Wildman–Crippen MR) is 111 cm³/mol. The highest BCUT2D eigenvalue weighted by molar-refractivity contribution is 5.90. The summed E-state index contributed by atoms with van der Waals surface area (Å²) in [5.41, 5.74) is 1.17. The third-order valence-corrected chi connectivity index (χ3v) is 6.18. The number of hydrogen-bond donors (Lipinski definition) is 1. The Morgan fingerprint density at radius 3 is 2.30 bits per heavy atom. The lowest BCUT2D eigenvalue weighted by molar-refractivity contribution is -0.192. The number of aryl methyl sites for hydroxylation is 1. The van der Waals surface area contributed by atoms with Crippen LogP contribution in [0.2, 0.25) is 0 Å². The normalized spacial score (nSPS) is 18.0. The third-order valence-electron chi connectivity index (χ3n) is 6.18. The molecule has 1 aliphatic heterocycles. The Bertz CT molecular complexity index is 928. The summed E-state index contributed by atoms with van der Waals surface area (Å²) in [4.78, 5) is 27.5. The molecule has 1 saturated heterocycles. The highest BCUT2D eigenvalue weighted by Crippen LogP contribution is 2.31. The molecular weight excluding hydrogens is 441 g/mol. The number of hydrogen-bond acceptors (Lipinski definition) is 5. The molecule has 2 aromatic rings. The summed E-state index contributed by atoms with van der Waals surface area (Å²) in [6.07, 6.45) is 9.09. The van der Waals surface area contributed by atoms with E-state index in [0.29, 0.717) is 17.7 Å². The summed E-state index contributed by atoms with van der Waals surface area (Å²) in [5, 5.41) is 15.9. The second-order valence-corrected chi connectivity index (χ2v) is 8.60. The van der Waals surface area contributed by atoms with Gasteiger partial charge in [0.25, 0.3) is 5.91 Å². The van der Waals surface area contributed by atoms with E-state index in [0.717, 1.165) is 32.5 Å². The maximum atomic E-state index is 12.5. The zero-order valence-corrected chi connectivity index (χ0v) is 18.5. The molecule has 0 unspecified atom stereocenters. The number of carbonyl (C=O) groups excluding carboxylic acids is 1. The van der Waals surface area contributed by atoms with Crippen molar-refractivity contribution in [2.24, 2.45) is 13.0 Å². The number of amides is 1. The van der Waals surface area contributed by atoms with Gasteiger partial charge in [-0.25, -0.2) is 9.78 Å². The summed E-state index contributed by atoms with van der Waals surface area (Å²) < 4.78 is 35.5. The van der Waals surface area contributed by atoms with Crippen molar-refractivity contribution in [3.63, 3.8) is 0 Å². The van der Waals surface area contributed by atoms with Crippen molar-refractivity contribution < 1.29 is 27.9 Å². The molecule has 1 N–H and O–H groups in total. The number of halogens is 3. The second kappa shape index (κ2) is 10.8. The minimum atomic E-state index is -5.08. The maximum absolute atomic E-state index is 12.5. The van der Waals surface area contributed by atoms with Crippen molar-refractivity contribution >= 4 is 11.9 Å². The molecule has 1 saturated carbocycles. The number of piperidine rings is 1. The van der Waals surface area contributed by atoms with E-state index in [4.69, 9.17) is 9.90 Å². The van der Waals surface area contributed by atoms with Gasteiger partial charge in [-0.15, -0.1) is 5.10 Å². The molecule has 33 heavy (non-hydrogen) atoms. The predicted octanol–water partition coefficient (Wildman–Crippen LogP) is 3.25. The van der Waals surface area contributed by atoms with Crippen LogP contribution in [0, 0.1) is 5.92 Å². The van der Waals surface area contributed by atoms with Crippen LogP contribution in [-0.4, -0.2) is 65.7 Å². The number of carboxylic acids is 1. The van der Waals surface area contributed by atoms with Gasteiger partial charge in [-0.2, -0.15) is 13.2 Å². The number of rotatable bonds is 4. The summed E-state index contributed by atoms with van der Waals surface area (Å²) in [7, 11) is 1.86. The van der Waals surface area contributed by atoms with E-state index in [2.05, 4.69) is 21.5 Å². The fourth-order valence-corrected chi connectivity index (χ4v) is 4.28. The molecule has 2 aromatic heterocycles. The topological polar surface area (TPSA) is 106 Å². The summed E-state index contributed by atoms with van der Waals surface area (Å²) in [6.45, 7) is 2.49. The zero-order chi connectivity index (χ0) is 24.0. The molecule has 9 nitrogen and oxygen atoms in total. The van der Waals surface area contributed by atoms with Crippen LogP contribution in [0.25, 0.3) is 0 Å². The van der Waals surface area contributed by atoms with E-state index in [-0.39, 0.29) is 5.91 Å². The minimum Gasteiger partial charge on any atom is -0.475 e. The first kappa shape index (κ1) is 24.7. The van der Waals surface area contributed by atoms with Gasteiger partial charge in [-0.05, 0) is 31.6 Å². The highest BCUT2D eigenvalue weighted by atomic mass is 19.4. The standard InChI is InChI=1S/C19H28N6O.C2HF3O2/c1-23-12-9-20-18(23)19(26)24-10-7-15(8-11-24)13-25-14-17(21-22-25)16-5-3-2-4-6-16;3-2(4,5)1(6)7/h9,12,14-16H,2-8,10-11,13H2,1H3;(H,6,7). The van der Waals surface area contributed by atoms with Gasteiger partial charge < -0.3 is 14.6 Å². The van der Waals surface area contributed by atoms with Crippen LogP contribution in [-0.2, 0) is 18.4 Å². The second-order valence-electron chi connectivity index (χ2n) is 8.60. The third kappa shape index (κ3) is 6.78. The number of imidazole rings is 1. The van der Waals surface area contributed by atoms with E-state index in [1.165, 1.54) is 37.8 Å². The van der Waals surface area contributed by atoms with Gasteiger partial charge in [-0.1, -0.05) is 24.5 Å². The first-order chi connectivity index (χ1) is 15.6. The lowest BCUT2D eigenvalue weighted by Gasteiger charge is -2.31. The van der Waals surface area contributed by atoms with E-state index >= 15 is 0 Å². The average molecular weight is 470 g/mol. The summed E-state index contributed by atoms with van der Waals surface area (Å²) in [6, 6.07) is 0. The molecule has 0 spiro atoms. The van der Waals surface area contributed by atoms with Crippen LogP contribution < -0.4 is 0 Å². The molecular formula is C21H29F3N6O3. The van der Waals surface area contributed by atoms with Crippen LogP contribution in [0.3, 0.4) is 0 Å². The van der Waals surface area contributed by atoms with Gasteiger partial charge in [0.05, 0.1) is 5.69 Å². The number of likely N-dealkylation sites (tertiary alicyclic amines) is 1. The number of carboxylic acid groups (broad SMARTS) is 1. The van der Waals surface area contributed by atoms with Crippen molar-refractivity contribution in [3.8, 4) is 0 Å². The molecule has 4 rings (SSSR count). The van der Waals surface area contributed by atoms with Gasteiger partial charge >= 0.3 is 12.1 Å². The molecule has 12 heteroatoms. The van der Waals surface area contributed by atoms with E-state index in [1.807, 2.05) is 22.8 Å². The number of carbonyl (C=O) groups is 2. The minimum absolute atomic E-state index is 0.0382. The monoisotopic (exact) mass is 470 g/mol. The Hall–Kier alpha value is -2.92. The van der Waals surface area contributed by atoms with Crippen molar-refractivity contribution in [1.29, 1.82) is 0 Å². The first-order valence-electron chi connectivity index (χ1n) is 11.1. The molecule has 0 atom stereocenters. The van der Waals surface area contributed by atoms with Crippen LogP contribution in [0.5, 0.6) is 0 Å². The molecule has 3 heterocycles. The molecule has 1 amide bonds. The number of aromatic nitrogens is 5. The average Bonchev–Trinajstić information content (AvgIpc) is 3.43. The fraction of sp³-hybridized carbons (Fsp3) is 0.667. The highest BCUT2D eigenvalue weighted by Gasteiger charge is 2.38. The van der Waals surface area contributed by atoms with E-state index in [9.17, 15) is 18.0 Å². The van der Waals surface area contributed by atoms with Crippen LogP contribution in [0.4, 0.5) is 13.2 Å². The molecule has 0 radical (unpaired) electrons. The van der Waals surface area contributed by atoms with Gasteiger partial charge in [0.1, 0.15) is 0 Å². The first-order valence-corrected chi connectivity index (χ1v) is 11.1. The van der Waals surface area contributed by atoms with Crippen molar-refractivity contribution in [3.05, 3.63) is 30.1 Å². The molecule has 0 bridgehead atoms. The van der Waals surface area contributed by atoms with Crippen molar-refractivity contribution in [1.82, 2.24) is 29.4 Å². The Balaban J connectivity index is 0.000000383. The maximum Gasteiger partial charge on any atom is 0.490 e. The SMILES string of the molecule is Cn1ccnc1C(=O)N1CCC(Cn2cc(C3CCCCC3)nn2)CC1.O=C(O)C(F)(F)F. The number of alkyl halides is 3. The smallest absolute Gasteiger partial charge is 0.475 e. The van der Waals surface area contributed by atoms with Gasteiger partial charge in [0.2, 0.25) is 0 Å². The quantitative estimate of drug-likeness (QED) is 0.735. The lowest BCUT2D eigenvalue weighted by Crippen LogP contribution is -2.40. The summed E-state index contributed by atoms with van der Waals surface area (Å²) in [5.74, 6) is -1.03. The molecule has 182 valence electrons. The Kier molecular flexibility index (Phi) is 8.09. The van der Waals surface area contributed by atoms with Gasteiger partial charge in [0.15, 0.2) is 5.82 Å². The zero-order valence-electron chi connectivity index (χ0n) is 18.5. The van der Waals surface area contributed by atoms with E-state index in [1.54, 1.807) is 10.8 Å². The van der Waals surface area contributed by atoms with Gasteiger partial charge in [-0.3, -0.25) is 9.48 Å². The largest absolute Gasteiger partial charge is 0.490 e. The molecule has 0 aromatic carbocycles. The Morgan fingerprint density at radius 1 is 1.12 bits per heavy atom. The van der Waals surface area contributed by atoms with Gasteiger partial charge in [0, 0.05) is 51.2 Å². The van der Waals surface area contributed by atoms with Crippen molar-refractivity contribution in [2.75, 3.05) is 13.1 Å². The van der Waals surface area contributed by atoms with Crippen LogP contribution in [0.1, 0.15) is 67.2 Å². The number of aliphatic carboxylic acids is 1. The molecule has 1 aliphatic carbocycles. The fourth-order valence-electron chi connectivity index (χ4n) is 4.28. The van der Waals surface area contributed by atoms with Crippen LogP contribution >= 0.6 is 0 Å². The van der Waals surface area contributed by atoms with Crippen LogP contribution in [0.15, 0.2) is 18.6 Å². The summed E-state index contributed by atoms with van der Waals surface area (Å²) >= 11 is 0. The number of nitrogens with zero attached hydrogens (tertiary/aromatic N) is 6. The van der Waals surface area contributed by atoms with Crippen molar-refractivity contribution in [2.45, 2.75) is 63.6 Å². The Labute approximate surface area is 189 Å². The molecule has 2 fully saturated rings. The lowest BCUT2D eigenvalue weighted by atomic mass is 9.87.